The second-order valence-corrected chi connectivity index (χ2v) is 12.6. The third kappa shape index (κ3) is 4.07. The third-order valence-corrected chi connectivity index (χ3v) is 11.3. The maximum absolute atomic E-state index is 13.1. The van der Waals surface area contributed by atoms with Gasteiger partial charge >= 0.3 is 10.8 Å². The summed E-state index contributed by atoms with van der Waals surface area (Å²) in [5.74, 6) is 1.66. The topological polar surface area (TPSA) is 77.4 Å². The highest BCUT2D eigenvalue weighted by atomic mass is 32.2. The minimum Gasteiger partial charge on any atom is -0.462 e. The molecule has 1 aromatic carbocycles. The molecule has 0 radical (unpaired) electrons. The molecule has 9 heteroatoms. The first-order chi connectivity index (χ1) is 17.0. The summed E-state index contributed by atoms with van der Waals surface area (Å²) in [5.41, 5.74) is 1.02. The average Bonchev–Trinajstić information content (AvgIpc) is 3.64. The molecule has 1 aliphatic heterocycles. The Labute approximate surface area is 215 Å². The number of hydrogen-bond donors (Lipinski definition) is 1. The largest absolute Gasteiger partial charge is 0.462 e. The van der Waals surface area contributed by atoms with E-state index in [9.17, 15) is 14.4 Å². The average molecular weight is 527 g/mol. The number of anilines is 1. The first-order valence-corrected chi connectivity index (χ1v) is 14.6. The molecular weight excluding hydrogens is 500 g/mol. The van der Waals surface area contributed by atoms with Gasteiger partial charge in [-0.05, 0) is 79.7 Å². The van der Waals surface area contributed by atoms with Crippen LogP contribution in [0, 0.1) is 17.8 Å². The molecule has 3 aliphatic rings. The van der Waals surface area contributed by atoms with Crippen molar-refractivity contribution in [2.45, 2.75) is 48.9 Å². The summed E-state index contributed by atoms with van der Waals surface area (Å²) in [5, 5.41) is 6.50. The molecule has 35 heavy (non-hydrogen) atoms. The fourth-order valence-corrected chi connectivity index (χ4v) is 10.2. The monoisotopic (exact) mass is 526 g/mol. The molecule has 5 unspecified atom stereocenters. The Morgan fingerprint density at radius 2 is 1.94 bits per heavy atom. The van der Waals surface area contributed by atoms with Crippen LogP contribution in [0.15, 0.2) is 51.6 Å². The maximum atomic E-state index is 13.1. The Hall–Kier alpha value is -2.36. The first-order valence-electron chi connectivity index (χ1n) is 12.0. The van der Waals surface area contributed by atoms with Crippen LogP contribution in [0.25, 0.3) is 0 Å². The maximum Gasteiger partial charge on any atom is 0.338 e. The molecule has 2 fully saturated rings. The number of esters is 1. The second-order valence-electron chi connectivity index (χ2n) is 9.46. The molecule has 0 saturated heterocycles. The summed E-state index contributed by atoms with van der Waals surface area (Å²) in [6, 6.07) is 10.9. The summed E-state index contributed by atoms with van der Waals surface area (Å²) in [6.45, 7) is 2.06. The third-order valence-electron chi connectivity index (χ3n) is 7.52. The van der Waals surface area contributed by atoms with E-state index in [0.29, 0.717) is 34.9 Å². The highest BCUT2D eigenvalue weighted by Crippen LogP contribution is 2.64. The van der Waals surface area contributed by atoms with Gasteiger partial charge in [0.25, 0.3) is 0 Å². The minimum atomic E-state index is -0.391. The molecule has 3 aromatic rings. The van der Waals surface area contributed by atoms with Crippen LogP contribution in [-0.4, -0.2) is 28.3 Å². The van der Waals surface area contributed by atoms with Gasteiger partial charge in [0.15, 0.2) is 0 Å². The van der Waals surface area contributed by atoms with Gasteiger partial charge in [-0.25, -0.2) is 4.79 Å². The minimum absolute atomic E-state index is 0.0140. The van der Waals surface area contributed by atoms with Crippen molar-refractivity contribution in [3.05, 3.63) is 66.8 Å². The van der Waals surface area contributed by atoms with E-state index in [1.165, 1.54) is 35.5 Å². The zero-order valence-electron chi connectivity index (χ0n) is 19.3. The van der Waals surface area contributed by atoms with Crippen LogP contribution in [-0.2, 0) is 16.1 Å². The number of carbonyl (C=O) groups excluding carboxylic acids is 2. The standard InChI is InChI=1S/C26H26N2O4S3/c1-2-32-25(30)14-7-9-17(10-8-14)27-19(29)13-28-24-23(35-26(28)31)21(18-4-3-11-33-18)20-15-5-6-16(12-15)22(20)34-24/h3-4,7-11,15-16,20-22H,2,5-6,12-13H2,1H3,(H,27,29). The molecule has 2 aliphatic carbocycles. The predicted octanol–water partition coefficient (Wildman–Crippen LogP) is 5.44. The van der Waals surface area contributed by atoms with Gasteiger partial charge in [-0.3, -0.25) is 14.2 Å². The van der Waals surface area contributed by atoms with Gasteiger partial charge in [0, 0.05) is 26.6 Å². The molecule has 0 spiro atoms. The van der Waals surface area contributed by atoms with Crippen LogP contribution < -0.4 is 10.2 Å². The lowest BCUT2D eigenvalue weighted by atomic mass is 9.77. The van der Waals surface area contributed by atoms with E-state index in [1.807, 2.05) is 11.8 Å². The van der Waals surface area contributed by atoms with Crippen molar-refractivity contribution in [3.8, 4) is 0 Å². The molecule has 3 heterocycles. The molecule has 6 rings (SSSR count). The van der Waals surface area contributed by atoms with Crippen LogP contribution in [0.5, 0.6) is 0 Å². The lowest BCUT2D eigenvalue weighted by Gasteiger charge is -2.40. The quantitative estimate of drug-likeness (QED) is 0.433. The predicted molar refractivity (Wildman–Crippen MR) is 140 cm³/mol. The van der Waals surface area contributed by atoms with Crippen molar-refractivity contribution in [3.63, 3.8) is 0 Å². The molecular formula is C26H26N2O4S3. The zero-order chi connectivity index (χ0) is 24.1. The van der Waals surface area contributed by atoms with E-state index in [4.69, 9.17) is 4.74 Å². The number of ether oxygens (including phenoxy) is 1. The highest BCUT2D eigenvalue weighted by molar-refractivity contribution is 8.00. The van der Waals surface area contributed by atoms with Crippen molar-refractivity contribution in [2.75, 3.05) is 11.9 Å². The van der Waals surface area contributed by atoms with Crippen LogP contribution in [0.2, 0.25) is 0 Å². The Morgan fingerprint density at radius 1 is 1.14 bits per heavy atom. The van der Waals surface area contributed by atoms with Crippen LogP contribution in [0.1, 0.15) is 52.2 Å². The zero-order valence-corrected chi connectivity index (χ0v) is 21.7. The molecule has 2 aromatic heterocycles. The number of thiazole rings is 1. The Balaban J connectivity index is 1.25. The van der Waals surface area contributed by atoms with Gasteiger partial charge < -0.3 is 10.1 Å². The summed E-state index contributed by atoms with van der Waals surface area (Å²) < 4.78 is 6.68. The number of thioether (sulfide) groups is 1. The molecule has 1 N–H and O–H groups in total. The SMILES string of the molecule is CCOC(=O)c1ccc(NC(=O)Cn2c3c(sc2=O)C(c2cccs2)C2C4CCC(C4)C2S3)cc1. The normalized spacial score (nSPS) is 26.3. The number of hydrogen-bond acceptors (Lipinski definition) is 7. The molecule has 5 atom stereocenters. The number of nitrogens with one attached hydrogen (secondary N) is 1. The molecule has 1 amide bonds. The fraction of sp³-hybridized carbons (Fsp3) is 0.423. The van der Waals surface area contributed by atoms with Crippen molar-refractivity contribution >= 4 is 52.0 Å². The fourth-order valence-electron chi connectivity index (χ4n) is 6.12. The number of nitrogens with zero attached hydrogens (tertiary/aromatic N) is 1. The molecule has 182 valence electrons. The van der Waals surface area contributed by atoms with Crippen LogP contribution >= 0.6 is 34.4 Å². The Kier molecular flexibility index (Phi) is 6.10. The van der Waals surface area contributed by atoms with E-state index in [0.717, 1.165) is 15.8 Å². The molecule has 6 nitrogen and oxygen atoms in total. The number of thiophene rings is 1. The smallest absolute Gasteiger partial charge is 0.338 e. The Bertz CT molecular complexity index is 1310. The van der Waals surface area contributed by atoms with Crippen molar-refractivity contribution < 1.29 is 14.3 Å². The van der Waals surface area contributed by atoms with E-state index in [-0.39, 0.29) is 23.2 Å². The van der Waals surface area contributed by atoms with Gasteiger partial charge in [-0.15, -0.1) is 23.1 Å². The van der Waals surface area contributed by atoms with Gasteiger partial charge in [-0.1, -0.05) is 17.4 Å². The lowest BCUT2D eigenvalue weighted by molar-refractivity contribution is -0.116. The summed E-state index contributed by atoms with van der Waals surface area (Å²) in [4.78, 5) is 40.3. The summed E-state index contributed by atoms with van der Waals surface area (Å²) in [6.07, 6.45) is 3.88. The lowest BCUT2D eigenvalue weighted by Crippen LogP contribution is -2.34. The number of carbonyl (C=O) groups is 2. The van der Waals surface area contributed by atoms with E-state index in [1.54, 1.807) is 47.1 Å². The number of fused-ring (bicyclic) bond motifs is 6. The second kappa shape index (κ2) is 9.26. The van der Waals surface area contributed by atoms with Crippen molar-refractivity contribution in [2.24, 2.45) is 17.8 Å². The number of rotatable bonds is 6. The summed E-state index contributed by atoms with van der Waals surface area (Å²) in [7, 11) is 0. The highest BCUT2D eigenvalue weighted by Gasteiger charge is 2.55. The van der Waals surface area contributed by atoms with Gasteiger partial charge in [0.05, 0.1) is 17.2 Å². The van der Waals surface area contributed by atoms with Crippen molar-refractivity contribution in [1.29, 1.82) is 0 Å². The number of aromatic nitrogens is 1. The van der Waals surface area contributed by atoms with E-state index >= 15 is 0 Å². The van der Waals surface area contributed by atoms with Crippen LogP contribution in [0.4, 0.5) is 5.69 Å². The molecule has 2 saturated carbocycles. The van der Waals surface area contributed by atoms with Gasteiger partial charge in [0.1, 0.15) is 6.54 Å². The Morgan fingerprint density at radius 3 is 2.69 bits per heavy atom. The van der Waals surface area contributed by atoms with Gasteiger partial charge in [-0.2, -0.15) is 0 Å². The first kappa shape index (κ1) is 23.1. The van der Waals surface area contributed by atoms with E-state index < -0.39 is 5.97 Å². The molecule has 2 bridgehead atoms. The number of amides is 1. The van der Waals surface area contributed by atoms with E-state index in [2.05, 4.69) is 22.8 Å². The number of benzene rings is 1. The summed E-state index contributed by atoms with van der Waals surface area (Å²) >= 11 is 4.94. The van der Waals surface area contributed by atoms with Crippen molar-refractivity contribution in [1.82, 2.24) is 4.57 Å². The van der Waals surface area contributed by atoms with Crippen LogP contribution in [0.3, 0.4) is 0 Å². The van der Waals surface area contributed by atoms with Gasteiger partial charge in [0.2, 0.25) is 5.91 Å².